The zero-order chi connectivity index (χ0) is 10.1. The van der Waals surface area contributed by atoms with Gasteiger partial charge in [0.15, 0.2) is 0 Å². The Kier molecular flexibility index (Phi) is 1.83. The van der Waals surface area contributed by atoms with Crippen molar-refractivity contribution in [1.82, 2.24) is 4.98 Å². The fourth-order valence-corrected chi connectivity index (χ4v) is 1.43. The molecule has 0 aliphatic rings. The van der Waals surface area contributed by atoms with Crippen LogP contribution < -0.4 is 5.73 Å². The quantitative estimate of drug-likeness (QED) is 0.635. The standard InChI is InChI=1S/C11H9N3/c1-7-4-8-2-3-9(5-12)10(13)11(8)14-6-7/h2-4,6H,13H2,1H3. The number of nitrogen functional groups attached to an aromatic ring is 1. The summed E-state index contributed by atoms with van der Waals surface area (Å²) in [6, 6.07) is 7.62. The second kappa shape index (κ2) is 3.00. The Balaban J connectivity index is 2.85. The van der Waals surface area contributed by atoms with Crippen LogP contribution in [-0.4, -0.2) is 4.98 Å². The molecule has 0 amide bonds. The third-order valence-electron chi connectivity index (χ3n) is 2.15. The van der Waals surface area contributed by atoms with Gasteiger partial charge in [0, 0.05) is 11.6 Å². The molecule has 3 heteroatoms. The second-order valence-corrected chi connectivity index (χ2v) is 3.22. The Labute approximate surface area is 81.8 Å². The van der Waals surface area contributed by atoms with Crippen molar-refractivity contribution < 1.29 is 0 Å². The van der Waals surface area contributed by atoms with Crippen molar-refractivity contribution >= 4 is 16.6 Å². The first-order valence-electron chi connectivity index (χ1n) is 4.27. The molecule has 1 aromatic heterocycles. The minimum atomic E-state index is 0.463. The predicted molar refractivity (Wildman–Crippen MR) is 55.6 cm³/mol. The van der Waals surface area contributed by atoms with Crippen LogP contribution in [-0.2, 0) is 0 Å². The highest BCUT2D eigenvalue weighted by Gasteiger charge is 2.04. The van der Waals surface area contributed by atoms with Gasteiger partial charge in [-0.2, -0.15) is 5.26 Å². The summed E-state index contributed by atoms with van der Waals surface area (Å²) in [5.41, 5.74) is 8.53. The summed E-state index contributed by atoms with van der Waals surface area (Å²) in [4.78, 5) is 4.21. The summed E-state index contributed by atoms with van der Waals surface area (Å²) in [5, 5.41) is 9.75. The van der Waals surface area contributed by atoms with Crippen molar-refractivity contribution in [2.45, 2.75) is 6.92 Å². The van der Waals surface area contributed by atoms with E-state index in [1.807, 2.05) is 25.1 Å². The van der Waals surface area contributed by atoms with Crippen molar-refractivity contribution in [3.8, 4) is 6.07 Å². The topological polar surface area (TPSA) is 62.7 Å². The molecule has 0 spiro atoms. The van der Waals surface area contributed by atoms with Crippen molar-refractivity contribution in [2.75, 3.05) is 5.73 Å². The molecule has 2 N–H and O–H groups in total. The highest BCUT2D eigenvalue weighted by molar-refractivity contribution is 5.92. The zero-order valence-electron chi connectivity index (χ0n) is 7.78. The van der Waals surface area contributed by atoms with Crippen LogP contribution in [0.1, 0.15) is 11.1 Å². The van der Waals surface area contributed by atoms with Gasteiger partial charge in [-0.1, -0.05) is 6.07 Å². The van der Waals surface area contributed by atoms with E-state index in [-0.39, 0.29) is 0 Å². The van der Waals surface area contributed by atoms with Crippen molar-refractivity contribution in [2.24, 2.45) is 0 Å². The fourth-order valence-electron chi connectivity index (χ4n) is 1.43. The number of rotatable bonds is 0. The lowest BCUT2D eigenvalue weighted by Crippen LogP contribution is -1.94. The number of aryl methyl sites for hydroxylation is 1. The number of anilines is 1. The van der Waals surface area contributed by atoms with Gasteiger partial charge in [-0.25, -0.2) is 0 Å². The van der Waals surface area contributed by atoms with Crippen LogP contribution >= 0.6 is 0 Å². The van der Waals surface area contributed by atoms with Gasteiger partial charge in [-0.05, 0) is 24.6 Å². The monoisotopic (exact) mass is 183 g/mol. The van der Waals surface area contributed by atoms with Gasteiger partial charge in [0.2, 0.25) is 0 Å². The fraction of sp³-hybridized carbons (Fsp3) is 0.0909. The Hall–Kier alpha value is -2.08. The first kappa shape index (κ1) is 8.52. The lowest BCUT2D eigenvalue weighted by atomic mass is 10.1. The van der Waals surface area contributed by atoms with Crippen molar-refractivity contribution in [1.29, 1.82) is 5.26 Å². The van der Waals surface area contributed by atoms with E-state index in [2.05, 4.69) is 4.98 Å². The summed E-state index contributed by atoms with van der Waals surface area (Å²) in [7, 11) is 0. The molecular formula is C11H9N3. The third-order valence-corrected chi connectivity index (χ3v) is 2.15. The highest BCUT2D eigenvalue weighted by atomic mass is 14.7. The second-order valence-electron chi connectivity index (χ2n) is 3.22. The molecular weight excluding hydrogens is 174 g/mol. The smallest absolute Gasteiger partial charge is 0.101 e. The average molecular weight is 183 g/mol. The van der Waals surface area contributed by atoms with E-state index in [1.54, 1.807) is 12.3 Å². The van der Waals surface area contributed by atoms with Gasteiger partial charge >= 0.3 is 0 Å². The number of fused-ring (bicyclic) bond motifs is 1. The van der Waals surface area contributed by atoms with Crippen LogP contribution in [0, 0.1) is 18.3 Å². The molecule has 0 radical (unpaired) electrons. The van der Waals surface area contributed by atoms with Crippen molar-refractivity contribution in [3.05, 3.63) is 35.5 Å². The minimum absolute atomic E-state index is 0.463. The van der Waals surface area contributed by atoms with E-state index in [4.69, 9.17) is 11.0 Å². The van der Waals surface area contributed by atoms with Gasteiger partial charge in [-0.15, -0.1) is 0 Å². The summed E-state index contributed by atoms with van der Waals surface area (Å²) < 4.78 is 0. The van der Waals surface area contributed by atoms with Crippen LogP contribution in [0.5, 0.6) is 0 Å². The molecule has 1 heterocycles. The van der Waals surface area contributed by atoms with Crippen LogP contribution in [0.15, 0.2) is 24.4 Å². The number of aromatic nitrogens is 1. The number of nitrogens with two attached hydrogens (primary N) is 1. The number of pyridine rings is 1. The highest BCUT2D eigenvalue weighted by Crippen LogP contribution is 2.22. The van der Waals surface area contributed by atoms with Gasteiger partial charge < -0.3 is 5.73 Å². The molecule has 0 aliphatic heterocycles. The first-order valence-corrected chi connectivity index (χ1v) is 4.27. The molecule has 0 aliphatic carbocycles. The van der Waals surface area contributed by atoms with Crippen LogP contribution in [0.3, 0.4) is 0 Å². The first-order chi connectivity index (χ1) is 6.72. The van der Waals surface area contributed by atoms with Gasteiger partial charge in [-0.3, -0.25) is 4.98 Å². The molecule has 0 fully saturated rings. The van der Waals surface area contributed by atoms with Crippen molar-refractivity contribution in [3.63, 3.8) is 0 Å². The maximum atomic E-state index is 8.77. The maximum Gasteiger partial charge on any atom is 0.101 e. The average Bonchev–Trinajstić information content (AvgIpc) is 2.18. The lowest BCUT2D eigenvalue weighted by Gasteiger charge is -2.03. The van der Waals surface area contributed by atoms with E-state index in [9.17, 15) is 0 Å². The third kappa shape index (κ3) is 1.17. The molecule has 0 atom stereocenters. The SMILES string of the molecule is Cc1cnc2c(N)c(C#N)ccc2c1. The Morgan fingerprint density at radius 1 is 1.43 bits per heavy atom. The van der Waals surface area contributed by atoms with E-state index in [0.717, 1.165) is 10.9 Å². The van der Waals surface area contributed by atoms with Crippen LogP contribution in [0.25, 0.3) is 10.9 Å². The Bertz CT molecular complexity index is 538. The largest absolute Gasteiger partial charge is 0.396 e. The molecule has 0 unspecified atom stereocenters. The predicted octanol–water partition coefficient (Wildman–Crippen LogP) is 2.00. The van der Waals surface area contributed by atoms with E-state index < -0.39 is 0 Å². The van der Waals surface area contributed by atoms with E-state index in [0.29, 0.717) is 16.8 Å². The molecule has 0 saturated heterocycles. The molecule has 0 saturated carbocycles. The summed E-state index contributed by atoms with van der Waals surface area (Å²) in [5.74, 6) is 0. The minimum Gasteiger partial charge on any atom is -0.396 e. The van der Waals surface area contributed by atoms with Crippen LogP contribution in [0.2, 0.25) is 0 Å². The van der Waals surface area contributed by atoms with E-state index in [1.165, 1.54) is 0 Å². The molecule has 2 rings (SSSR count). The van der Waals surface area contributed by atoms with E-state index >= 15 is 0 Å². The van der Waals surface area contributed by atoms with Gasteiger partial charge in [0.05, 0.1) is 16.8 Å². The Morgan fingerprint density at radius 3 is 2.93 bits per heavy atom. The lowest BCUT2D eigenvalue weighted by molar-refractivity contribution is 1.33. The molecule has 0 bridgehead atoms. The van der Waals surface area contributed by atoms with Gasteiger partial charge in [0.1, 0.15) is 6.07 Å². The summed E-state index contributed by atoms with van der Waals surface area (Å²) in [6.45, 7) is 1.97. The molecule has 1 aromatic carbocycles. The number of hydrogen-bond donors (Lipinski definition) is 1. The summed E-state index contributed by atoms with van der Waals surface area (Å²) in [6.07, 6.45) is 1.75. The number of nitriles is 1. The molecule has 2 aromatic rings. The maximum absolute atomic E-state index is 8.77. The molecule has 3 nitrogen and oxygen atoms in total. The zero-order valence-corrected chi connectivity index (χ0v) is 7.78. The van der Waals surface area contributed by atoms with Gasteiger partial charge in [0.25, 0.3) is 0 Å². The molecule has 14 heavy (non-hydrogen) atoms. The van der Waals surface area contributed by atoms with Crippen LogP contribution in [0.4, 0.5) is 5.69 Å². The number of benzene rings is 1. The number of nitrogens with zero attached hydrogens (tertiary/aromatic N) is 2. The normalized spacial score (nSPS) is 10.0. The summed E-state index contributed by atoms with van der Waals surface area (Å²) >= 11 is 0. The Morgan fingerprint density at radius 2 is 2.21 bits per heavy atom. The molecule has 68 valence electrons. The number of hydrogen-bond acceptors (Lipinski definition) is 3.